The highest BCUT2D eigenvalue weighted by Gasteiger charge is 2.41. The van der Waals surface area contributed by atoms with Gasteiger partial charge in [0.25, 0.3) is 0 Å². The second-order valence-electron chi connectivity index (χ2n) is 3.65. The molecule has 92 valence electrons. The number of carboxylic acid groups (broad SMARTS) is 1. The number of likely N-dealkylation sites (N-methyl/N-ethyl adjacent to an activating group) is 1. The number of carboxylic acids is 1. The van der Waals surface area contributed by atoms with E-state index in [2.05, 4.69) is 15.9 Å². The van der Waals surface area contributed by atoms with Crippen molar-refractivity contribution in [2.45, 2.75) is 12.1 Å². The maximum atomic E-state index is 11.6. The van der Waals surface area contributed by atoms with Gasteiger partial charge >= 0.3 is 5.97 Å². The molecule has 2 heterocycles. The summed E-state index contributed by atoms with van der Waals surface area (Å²) >= 11 is 4.75. The highest BCUT2D eigenvalue weighted by atomic mass is 79.9. The number of nitrogens with zero attached hydrogens (tertiary/aromatic N) is 1. The third kappa shape index (κ3) is 2.22. The largest absolute Gasteiger partial charge is 0.479 e. The summed E-state index contributed by atoms with van der Waals surface area (Å²) in [5.74, 6) is -1.28. The van der Waals surface area contributed by atoms with Crippen molar-refractivity contribution in [2.75, 3.05) is 13.7 Å². The zero-order valence-corrected chi connectivity index (χ0v) is 11.3. The number of thiophene rings is 1. The lowest BCUT2D eigenvalue weighted by Crippen LogP contribution is -2.49. The summed E-state index contributed by atoms with van der Waals surface area (Å²) in [7, 11) is 1.59. The van der Waals surface area contributed by atoms with Crippen LogP contribution in [-0.4, -0.2) is 41.6 Å². The maximum Gasteiger partial charge on any atom is 0.335 e. The summed E-state index contributed by atoms with van der Waals surface area (Å²) in [6.07, 6.45) is -1.02. The van der Waals surface area contributed by atoms with Gasteiger partial charge in [-0.2, -0.15) is 0 Å². The fraction of sp³-hybridized carbons (Fsp3) is 0.400. The predicted octanol–water partition coefficient (Wildman–Crippen LogP) is 1.49. The SMILES string of the molecule is CN1C(=O)COC(C(=O)O)C1c1sccc1Br. The number of halogens is 1. The average Bonchev–Trinajstić information content (AvgIpc) is 2.68. The molecule has 2 rings (SSSR count). The smallest absolute Gasteiger partial charge is 0.335 e. The van der Waals surface area contributed by atoms with Crippen molar-refractivity contribution in [1.29, 1.82) is 0 Å². The van der Waals surface area contributed by atoms with Crippen molar-refractivity contribution in [3.63, 3.8) is 0 Å². The van der Waals surface area contributed by atoms with Crippen molar-refractivity contribution in [3.05, 3.63) is 20.8 Å². The number of hydrogen-bond acceptors (Lipinski definition) is 4. The molecule has 1 aliphatic rings. The molecule has 0 bridgehead atoms. The number of carbonyl (C=O) groups excluding carboxylic acids is 1. The van der Waals surface area contributed by atoms with Gasteiger partial charge < -0.3 is 14.7 Å². The third-order valence-corrected chi connectivity index (χ3v) is 4.58. The van der Waals surface area contributed by atoms with Crippen molar-refractivity contribution in [1.82, 2.24) is 4.90 Å². The van der Waals surface area contributed by atoms with E-state index in [0.29, 0.717) is 0 Å². The summed E-state index contributed by atoms with van der Waals surface area (Å²) in [6.45, 7) is -0.188. The molecule has 1 amide bonds. The Hall–Kier alpha value is -0.920. The van der Waals surface area contributed by atoms with E-state index in [-0.39, 0.29) is 12.5 Å². The normalized spacial score (nSPS) is 25.1. The van der Waals surface area contributed by atoms with Gasteiger partial charge in [-0.05, 0) is 27.4 Å². The van der Waals surface area contributed by atoms with Crippen LogP contribution in [0.1, 0.15) is 10.9 Å². The predicted molar refractivity (Wildman–Crippen MR) is 64.9 cm³/mol. The molecule has 5 nitrogen and oxygen atoms in total. The van der Waals surface area contributed by atoms with Crippen LogP contribution >= 0.6 is 27.3 Å². The molecule has 1 aromatic rings. The topological polar surface area (TPSA) is 66.8 Å². The van der Waals surface area contributed by atoms with Crippen LogP contribution in [0.15, 0.2) is 15.9 Å². The number of amides is 1. The zero-order chi connectivity index (χ0) is 12.6. The van der Waals surface area contributed by atoms with Gasteiger partial charge in [0.2, 0.25) is 5.91 Å². The second kappa shape index (κ2) is 4.75. The molecule has 2 unspecified atom stereocenters. The molecule has 0 aromatic carbocycles. The molecular weight excluding hydrogens is 310 g/mol. The molecule has 0 spiro atoms. The van der Waals surface area contributed by atoms with Crippen molar-refractivity contribution in [3.8, 4) is 0 Å². The molecule has 1 aromatic heterocycles. The van der Waals surface area contributed by atoms with Gasteiger partial charge in [-0.15, -0.1) is 11.3 Å². The fourth-order valence-corrected chi connectivity index (χ4v) is 3.52. The Morgan fingerprint density at radius 3 is 2.94 bits per heavy atom. The molecule has 1 N–H and O–H groups in total. The van der Waals surface area contributed by atoms with Crippen LogP contribution < -0.4 is 0 Å². The van der Waals surface area contributed by atoms with E-state index in [9.17, 15) is 9.59 Å². The lowest BCUT2D eigenvalue weighted by atomic mass is 10.1. The second-order valence-corrected chi connectivity index (χ2v) is 5.45. The average molecular weight is 320 g/mol. The van der Waals surface area contributed by atoms with Gasteiger partial charge in [-0.1, -0.05) is 0 Å². The quantitative estimate of drug-likeness (QED) is 0.897. The Balaban J connectivity index is 2.40. The lowest BCUT2D eigenvalue weighted by Gasteiger charge is -2.36. The van der Waals surface area contributed by atoms with Crippen LogP contribution in [0.4, 0.5) is 0 Å². The van der Waals surface area contributed by atoms with E-state index in [1.165, 1.54) is 16.2 Å². The molecule has 7 heteroatoms. The van der Waals surface area contributed by atoms with Crippen LogP contribution in [0, 0.1) is 0 Å². The highest BCUT2D eigenvalue weighted by Crippen LogP contribution is 2.37. The number of morpholine rings is 1. The van der Waals surface area contributed by atoms with E-state index in [0.717, 1.165) is 9.35 Å². The van der Waals surface area contributed by atoms with Crippen molar-refractivity contribution < 1.29 is 19.4 Å². The number of rotatable bonds is 2. The first-order valence-electron chi connectivity index (χ1n) is 4.85. The lowest BCUT2D eigenvalue weighted by molar-refractivity contribution is -0.171. The minimum absolute atomic E-state index is 0.188. The summed E-state index contributed by atoms with van der Waals surface area (Å²) < 4.78 is 5.90. The number of ether oxygens (including phenoxy) is 1. The monoisotopic (exact) mass is 319 g/mol. The zero-order valence-electron chi connectivity index (χ0n) is 8.92. The minimum atomic E-state index is -1.06. The Bertz CT molecular complexity index is 461. The third-order valence-electron chi connectivity index (χ3n) is 2.64. The molecule has 0 radical (unpaired) electrons. The number of carbonyl (C=O) groups is 2. The van der Waals surface area contributed by atoms with Gasteiger partial charge in [-0.3, -0.25) is 4.79 Å². The van der Waals surface area contributed by atoms with Gasteiger partial charge in [0.15, 0.2) is 6.10 Å². The number of hydrogen-bond donors (Lipinski definition) is 1. The van der Waals surface area contributed by atoms with E-state index in [1.54, 1.807) is 7.05 Å². The Kier molecular flexibility index (Phi) is 3.50. The van der Waals surface area contributed by atoms with E-state index < -0.39 is 18.1 Å². The van der Waals surface area contributed by atoms with Crippen LogP contribution in [0.25, 0.3) is 0 Å². The standard InChI is InChI=1S/C10H10BrNO4S/c1-12-6(13)4-16-8(10(14)15)7(12)9-5(11)2-3-17-9/h2-3,7-8H,4H2,1H3,(H,14,15). The van der Waals surface area contributed by atoms with Gasteiger partial charge in [-0.25, -0.2) is 4.79 Å². The van der Waals surface area contributed by atoms with Crippen molar-refractivity contribution in [2.24, 2.45) is 0 Å². The minimum Gasteiger partial charge on any atom is -0.479 e. The van der Waals surface area contributed by atoms with Gasteiger partial charge in [0, 0.05) is 16.4 Å². The molecule has 0 saturated carbocycles. The van der Waals surface area contributed by atoms with E-state index >= 15 is 0 Å². The first-order chi connectivity index (χ1) is 8.02. The van der Waals surface area contributed by atoms with Crippen LogP contribution in [0.2, 0.25) is 0 Å². The molecule has 17 heavy (non-hydrogen) atoms. The molecule has 0 aliphatic carbocycles. The summed E-state index contributed by atoms with van der Waals surface area (Å²) in [6, 6.07) is 1.24. The first kappa shape index (κ1) is 12.5. The molecule has 1 fully saturated rings. The summed E-state index contributed by atoms with van der Waals surface area (Å²) in [4.78, 5) is 24.9. The Labute approximate surface area is 110 Å². The Morgan fingerprint density at radius 2 is 2.41 bits per heavy atom. The van der Waals surface area contributed by atoms with Crippen LogP contribution in [-0.2, 0) is 14.3 Å². The maximum absolute atomic E-state index is 11.6. The highest BCUT2D eigenvalue weighted by molar-refractivity contribution is 9.10. The summed E-state index contributed by atoms with van der Waals surface area (Å²) in [5.41, 5.74) is 0. The number of aliphatic carboxylic acids is 1. The molecule has 2 atom stereocenters. The van der Waals surface area contributed by atoms with E-state index in [1.807, 2.05) is 11.4 Å². The van der Waals surface area contributed by atoms with Gasteiger partial charge in [0.05, 0.1) is 0 Å². The van der Waals surface area contributed by atoms with Crippen LogP contribution in [0.3, 0.4) is 0 Å². The molecular formula is C10H10BrNO4S. The van der Waals surface area contributed by atoms with Crippen molar-refractivity contribution >= 4 is 39.1 Å². The summed E-state index contributed by atoms with van der Waals surface area (Å²) in [5, 5.41) is 11.0. The van der Waals surface area contributed by atoms with Gasteiger partial charge in [0.1, 0.15) is 12.6 Å². The van der Waals surface area contributed by atoms with Crippen LogP contribution in [0.5, 0.6) is 0 Å². The first-order valence-corrected chi connectivity index (χ1v) is 6.52. The molecule has 1 saturated heterocycles. The fourth-order valence-electron chi connectivity index (χ4n) is 1.75. The molecule has 1 aliphatic heterocycles. The van der Waals surface area contributed by atoms with E-state index in [4.69, 9.17) is 9.84 Å². The Morgan fingerprint density at radius 1 is 1.71 bits per heavy atom.